The van der Waals surface area contributed by atoms with E-state index in [0.29, 0.717) is 27.8 Å². The van der Waals surface area contributed by atoms with Crippen LogP contribution in [0.15, 0.2) is 42.7 Å². The Hall–Kier alpha value is -3.33. The van der Waals surface area contributed by atoms with Crippen molar-refractivity contribution in [2.45, 2.75) is 6.92 Å². The van der Waals surface area contributed by atoms with Crippen molar-refractivity contribution in [1.29, 1.82) is 0 Å². The van der Waals surface area contributed by atoms with Crippen LogP contribution < -0.4 is 5.32 Å². The Morgan fingerprint density at radius 2 is 2.04 bits per heavy atom. The van der Waals surface area contributed by atoms with E-state index < -0.39 is 5.97 Å². The van der Waals surface area contributed by atoms with Crippen LogP contribution in [-0.2, 0) is 4.74 Å². The minimum Gasteiger partial charge on any atom is -0.462 e. The van der Waals surface area contributed by atoms with Crippen LogP contribution in [0.3, 0.4) is 0 Å². The molecule has 0 spiro atoms. The zero-order chi connectivity index (χ0) is 18.1. The van der Waals surface area contributed by atoms with Gasteiger partial charge in [0.2, 0.25) is 0 Å². The number of esters is 1. The van der Waals surface area contributed by atoms with Gasteiger partial charge in [-0.05, 0) is 37.3 Å². The second-order valence-corrected chi connectivity index (χ2v) is 5.97. The predicted octanol–water partition coefficient (Wildman–Crippen LogP) is 2.77. The smallest absolute Gasteiger partial charge is 0.341 e. The molecule has 26 heavy (non-hydrogen) atoms. The number of fused-ring (bicyclic) bond motifs is 2. The second kappa shape index (κ2) is 6.52. The molecule has 0 radical (unpaired) electrons. The molecule has 1 amide bonds. The molecule has 1 N–H and O–H groups in total. The summed E-state index contributed by atoms with van der Waals surface area (Å²) in [5, 5.41) is 6.94. The molecule has 8 nitrogen and oxygen atoms in total. The predicted molar refractivity (Wildman–Crippen MR) is 96.5 cm³/mol. The van der Waals surface area contributed by atoms with Gasteiger partial charge in [0.05, 0.1) is 30.0 Å². The largest absolute Gasteiger partial charge is 0.462 e. The number of nitrogens with zero attached hydrogens (tertiary/aromatic N) is 4. The third-order valence-electron chi connectivity index (χ3n) is 3.79. The van der Waals surface area contributed by atoms with Crippen molar-refractivity contribution in [3.8, 4) is 0 Å². The van der Waals surface area contributed by atoms with Crippen molar-refractivity contribution < 1.29 is 14.3 Å². The van der Waals surface area contributed by atoms with E-state index in [4.69, 9.17) is 4.74 Å². The molecule has 0 fully saturated rings. The highest BCUT2D eigenvalue weighted by molar-refractivity contribution is 7.00. The number of pyridine rings is 1. The molecule has 0 saturated carbocycles. The number of anilines is 1. The van der Waals surface area contributed by atoms with Gasteiger partial charge in [-0.15, -0.1) is 0 Å². The van der Waals surface area contributed by atoms with E-state index in [9.17, 15) is 9.59 Å². The van der Waals surface area contributed by atoms with Crippen LogP contribution in [0.2, 0.25) is 0 Å². The van der Waals surface area contributed by atoms with Gasteiger partial charge in [0.15, 0.2) is 0 Å². The number of benzene rings is 1. The van der Waals surface area contributed by atoms with Crippen molar-refractivity contribution in [1.82, 2.24) is 18.4 Å². The first-order valence-electron chi connectivity index (χ1n) is 7.84. The maximum absolute atomic E-state index is 12.5. The quantitative estimate of drug-likeness (QED) is 0.557. The molecule has 0 unspecified atom stereocenters. The molecule has 0 bridgehead atoms. The molecule has 130 valence electrons. The van der Waals surface area contributed by atoms with E-state index in [1.165, 1.54) is 6.20 Å². The zero-order valence-corrected chi connectivity index (χ0v) is 14.5. The SMILES string of the molecule is CCOC(=O)c1cnn2ccc(NC(=O)c3ccc4nsnc4c3)cc12. The first-order chi connectivity index (χ1) is 12.7. The van der Waals surface area contributed by atoms with Crippen LogP contribution in [0.4, 0.5) is 5.69 Å². The Kier molecular flexibility index (Phi) is 4.05. The van der Waals surface area contributed by atoms with Crippen molar-refractivity contribution >= 4 is 45.8 Å². The normalized spacial score (nSPS) is 11.0. The zero-order valence-electron chi connectivity index (χ0n) is 13.7. The molecule has 0 aliphatic rings. The van der Waals surface area contributed by atoms with Crippen molar-refractivity contribution in [3.63, 3.8) is 0 Å². The summed E-state index contributed by atoms with van der Waals surface area (Å²) in [6.07, 6.45) is 3.11. The Bertz CT molecular complexity index is 1130. The van der Waals surface area contributed by atoms with Crippen LogP contribution in [0.1, 0.15) is 27.6 Å². The second-order valence-electron chi connectivity index (χ2n) is 5.45. The topological polar surface area (TPSA) is 98.5 Å². The maximum atomic E-state index is 12.5. The highest BCUT2D eigenvalue weighted by atomic mass is 32.1. The van der Waals surface area contributed by atoms with E-state index in [1.54, 1.807) is 48.0 Å². The van der Waals surface area contributed by atoms with Crippen molar-refractivity contribution in [2.24, 2.45) is 0 Å². The molecule has 3 heterocycles. The Morgan fingerprint density at radius 3 is 2.88 bits per heavy atom. The van der Waals surface area contributed by atoms with Gasteiger partial charge in [-0.1, -0.05) is 0 Å². The van der Waals surface area contributed by atoms with Crippen molar-refractivity contribution in [3.05, 3.63) is 53.9 Å². The van der Waals surface area contributed by atoms with Gasteiger partial charge in [0, 0.05) is 17.4 Å². The molecular formula is C17H13N5O3S. The van der Waals surface area contributed by atoms with E-state index in [0.717, 1.165) is 17.2 Å². The summed E-state index contributed by atoms with van der Waals surface area (Å²) in [4.78, 5) is 24.5. The van der Waals surface area contributed by atoms with E-state index >= 15 is 0 Å². The summed E-state index contributed by atoms with van der Waals surface area (Å²) in [6, 6.07) is 8.53. The molecule has 0 aliphatic carbocycles. The van der Waals surface area contributed by atoms with Gasteiger partial charge in [-0.3, -0.25) is 4.79 Å². The Balaban J connectivity index is 1.62. The molecule has 3 aromatic heterocycles. The number of ether oxygens (including phenoxy) is 1. The van der Waals surface area contributed by atoms with Crippen LogP contribution >= 0.6 is 11.7 Å². The number of nitrogens with one attached hydrogen (secondary N) is 1. The highest BCUT2D eigenvalue weighted by Crippen LogP contribution is 2.19. The molecule has 9 heteroatoms. The summed E-state index contributed by atoms with van der Waals surface area (Å²) >= 11 is 1.10. The first kappa shape index (κ1) is 16.2. The number of aromatic nitrogens is 4. The van der Waals surface area contributed by atoms with Gasteiger partial charge in [-0.2, -0.15) is 13.8 Å². The van der Waals surface area contributed by atoms with Gasteiger partial charge in [0.25, 0.3) is 5.91 Å². The van der Waals surface area contributed by atoms with E-state index in [1.807, 2.05) is 0 Å². The van der Waals surface area contributed by atoms with Crippen LogP contribution in [0.5, 0.6) is 0 Å². The molecule has 1 aromatic carbocycles. The molecule has 0 atom stereocenters. The summed E-state index contributed by atoms with van der Waals surface area (Å²) in [5.74, 6) is -0.728. The van der Waals surface area contributed by atoms with Crippen LogP contribution in [0.25, 0.3) is 16.6 Å². The fraction of sp³-hybridized carbons (Fsp3) is 0.118. The first-order valence-corrected chi connectivity index (χ1v) is 8.57. The number of amides is 1. The molecule has 0 aliphatic heterocycles. The fourth-order valence-corrected chi connectivity index (χ4v) is 3.07. The Morgan fingerprint density at radius 1 is 1.19 bits per heavy atom. The average Bonchev–Trinajstić information content (AvgIpc) is 3.27. The number of carbonyl (C=O) groups excluding carboxylic acids is 2. The summed E-state index contributed by atoms with van der Waals surface area (Å²) < 4.78 is 14.8. The minimum atomic E-state index is -0.451. The molecule has 4 aromatic rings. The molecule has 0 saturated heterocycles. The minimum absolute atomic E-state index is 0.276. The van der Waals surface area contributed by atoms with Gasteiger partial charge in [0.1, 0.15) is 16.6 Å². The fourth-order valence-electron chi connectivity index (χ4n) is 2.55. The number of rotatable bonds is 4. The number of hydrogen-bond acceptors (Lipinski definition) is 7. The molecule has 4 rings (SSSR count). The van der Waals surface area contributed by atoms with Gasteiger partial charge >= 0.3 is 5.97 Å². The maximum Gasteiger partial charge on any atom is 0.341 e. The van der Waals surface area contributed by atoms with E-state index in [-0.39, 0.29) is 12.5 Å². The lowest BCUT2D eigenvalue weighted by Gasteiger charge is -2.06. The van der Waals surface area contributed by atoms with Gasteiger partial charge in [-0.25, -0.2) is 9.31 Å². The average molecular weight is 367 g/mol. The third-order valence-corrected chi connectivity index (χ3v) is 4.35. The summed E-state index contributed by atoms with van der Waals surface area (Å²) in [6.45, 7) is 2.02. The van der Waals surface area contributed by atoms with Crippen LogP contribution in [0, 0.1) is 0 Å². The lowest BCUT2D eigenvalue weighted by Crippen LogP contribution is -2.12. The summed E-state index contributed by atoms with van der Waals surface area (Å²) in [5.41, 5.74) is 3.36. The number of carbonyl (C=O) groups is 2. The lowest BCUT2D eigenvalue weighted by atomic mass is 10.2. The van der Waals surface area contributed by atoms with E-state index in [2.05, 4.69) is 19.2 Å². The highest BCUT2D eigenvalue weighted by Gasteiger charge is 2.15. The summed E-state index contributed by atoms with van der Waals surface area (Å²) in [7, 11) is 0. The monoisotopic (exact) mass is 367 g/mol. The van der Waals surface area contributed by atoms with Crippen molar-refractivity contribution in [2.75, 3.05) is 11.9 Å². The standard InChI is InChI=1S/C17H13N5O3S/c1-2-25-17(24)12-9-18-22-6-5-11(8-15(12)22)19-16(23)10-3-4-13-14(7-10)21-26-20-13/h3-9H,2H2,1H3,(H,19,23). The molecular weight excluding hydrogens is 354 g/mol. The van der Waals surface area contributed by atoms with Gasteiger partial charge < -0.3 is 10.1 Å². The number of hydrogen-bond donors (Lipinski definition) is 1. The van der Waals surface area contributed by atoms with Crippen LogP contribution in [-0.4, -0.2) is 36.8 Å². The lowest BCUT2D eigenvalue weighted by molar-refractivity contribution is 0.0528. The third kappa shape index (κ3) is 2.88. The Labute approximate surface area is 151 Å².